The Kier molecular flexibility index (Phi) is 5.51. The maximum absolute atomic E-state index is 13.0. The summed E-state index contributed by atoms with van der Waals surface area (Å²) in [6, 6.07) is 12.9. The Morgan fingerprint density at radius 2 is 1.88 bits per heavy atom. The summed E-state index contributed by atoms with van der Waals surface area (Å²) in [6.45, 7) is 2.90. The molecule has 0 aromatic heterocycles. The fourth-order valence-corrected chi connectivity index (χ4v) is 3.01. The van der Waals surface area contributed by atoms with Crippen LogP contribution in [-0.2, 0) is 16.0 Å². The maximum atomic E-state index is 13.0. The molecule has 1 aliphatic rings. The van der Waals surface area contributed by atoms with Gasteiger partial charge in [0, 0.05) is 18.7 Å². The molecule has 0 spiro atoms. The second-order valence-corrected chi connectivity index (χ2v) is 6.20. The van der Waals surface area contributed by atoms with E-state index in [-0.39, 0.29) is 36.5 Å². The van der Waals surface area contributed by atoms with Crippen molar-refractivity contribution in [1.29, 1.82) is 0 Å². The van der Waals surface area contributed by atoms with Crippen molar-refractivity contribution in [3.05, 3.63) is 59.9 Å². The Morgan fingerprint density at radius 1 is 1.19 bits per heavy atom. The van der Waals surface area contributed by atoms with E-state index in [9.17, 15) is 14.0 Å². The summed E-state index contributed by atoms with van der Waals surface area (Å²) in [4.78, 5) is 26.0. The van der Waals surface area contributed by atoms with Crippen LogP contribution in [0.5, 0.6) is 5.75 Å². The molecule has 0 radical (unpaired) electrons. The molecule has 26 heavy (non-hydrogen) atoms. The van der Waals surface area contributed by atoms with Crippen molar-refractivity contribution in [3.8, 4) is 5.75 Å². The Balaban J connectivity index is 1.55. The third kappa shape index (κ3) is 4.39. The molecule has 1 aliphatic heterocycles. The van der Waals surface area contributed by atoms with Crippen molar-refractivity contribution in [2.75, 3.05) is 18.1 Å². The summed E-state index contributed by atoms with van der Waals surface area (Å²) in [5, 5.41) is 2.90. The van der Waals surface area contributed by atoms with Gasteiger partial charge in [0.15, 0.2) is 0 Å². The van der Waals surface area contributed by atoms with Gasteiger partial charge in [0.1, 0.15) is 11.6 Å². The van der Waals surface area contributed by atoms with Crippen LogP contribution in [0.1, 0.15) is 18.9 Å². The second-order valence-electron chi connectivity index (χ2n) is 6.20. The van der Waals surface area contributed by atoms with Gasteiger partial charge in [0.25, 0.3) is 0 Å². The zero-order chi connectivity index (χ0) is 18.5. The fourth-order valence-electron chi connectivity index (χ4n) is 3.01. The predicted molar refractivity (Wildman–Crippen MR) is 96.6 cm³/mol. The van der Waals surface area contributed by atoms with Crippen LogP contribution in [0.4, 0.5) is 10.1 Å². The smallest absolute Gasteiger partial charge is 0.229 e. The number of hydrogen-bond acceptors (Lipinski definition) is 3. The summed E-state index contributed by atoms with van der Waals surface area (Å²) >= 11 is 0. The minimum atomic E-state index is -0.347. The van der Waals surface area contributed by atoms with Crippen LogP contribution in [0.3, 0.4) is 0 Å². The quantitative estimate of drug-likeness (QED) is 0.866. The van der Waals surface area contributed by atoms with Crippen LogP contribution >= 0.6 is 0 Å². The minimum Gasteiger partial charge on any atom is -0.494 e. The number of hydrogen-bond donors (Lipinski definition) is 1. The van der Waals surface area contributed by atoms with Crippen LogP contribution in [0.15, 0.2) is 48.5 Å². The number of halogens is 1. The highest BCUT2D eigenvalue weighted by atomic mass is 19.1. The lowest BCUT2D eigenvalue weighted by Crippen LogP contribution is -2.38. The molecule has 2 aromatic carbocycles. The van der Waals surface area contributed by atoms with Crippen molar-refractivity contribution in [2.24, 2.45) is 0 Å². The lowest BCUT2D eigenvalue weighted by Gasteiger charge is -2.17. The molecule has 136 valence electrons. The monoisotopic (exact) mass is 356 g/mol. The molecular formula is C20H21FN2O3. The number of nitrogens with one attached hydrogen (secondary N) is 1. The standard InChI is InChI=1S/C20H21FN2O3/c1-2-26-18-9-3-14(4-10-18)11-19(24)22-16-12-20(25)23(13-16)17-7-5-15(21)6-8-17/h3-10,16H,2,11-13H2,1H3,(H,22,24). The molecule has 1 N–H and O–H groups in total. The van der Waals surface area contributed by atoms with E-state index < -0.39 is 0 Å². The van der Waals surface area contributed by atoms with E-state index in [1.165, 1.54) is 12.1 Å². The van der Waals surface area contributed by atoms with E-state index in [2.05, 4.69) is 5.32 Å². The van der Waals surface area contributed by atoms with E-state index in [0.717, 1.165) is 11.3 Å². The van der Waals surface area contributed by atoms with E-state index in [1.54, 1.807) is 17.0 Å². The van der Waals surface area contributed by atoms with Gasteiger partial charge in [0.05, 0.1) is 19.1 Å². The van der Waals surface area contributed by atoms with Gasteiger partial charge in [-0.2, -0.15) is 0 Å². The van der Waals surface area contributed by atoms with Crippen molar-refractivity contribution in [3.63, 3.8) is 0 Å². The number of amides is 2. The van der Waals surface area contributed by atoms with Crippen molar-refractivity contribution in [2.45, 2.75) is 25.8 Å². The van der Waals surface area contributed by atoms with Crippen molar-refractivity contribution >= 4 is 17.5 Å². The number of benzene rings is 2. The molecule has 5 nitrogen and oxygen atoms in total. The summed E-state index contributed by atoms with van der Waals surface area (Å²) < 4.78 is 18.4. The SMILES string of the molecule is CCOc1ccc(CC(=O)NC2CC(=O)N(c3ccc(F)cc3)C2)cc1. The molecule has 2 aromatic rings. The largest absolute Gasteiger partial charge is 0.494 e. The first kappa shape index (κ1) is 17.9. The molecule has 0 bridgehead atoms. The lowest BCUT2D eigenvalue weighted by molar-refractivity contribution is -0.121. The maximum Gasteiger partial charge on any atom is 0.229 e. The van der Waals surface area contributed by atoms with Crippen molar-refractivity contribution < 1.29 is 18.7 Å². The van der Waals surface area contributed by atoms with Gasteiger partial charge >= 0.3 is 0 Å². The summed E-state index contributed by atoms with van der Waals surface area (Å²) in [5.41, 5.74) is 1.52. The molecule has 6 heteroatoms. The number of ether oxygens (including phenoxy) is 1. The molecule has 1 unspecified atom stereocenters. The molecule has 1 heterocycles. The highest BCUT2D eigenvalue weighted by Crippen LogP contribution is 2.22. The predicted octanol–water partition coefficient (Wildman–Crippen LogP) is 2.69. The van der Waals surface area contributed by atoms with Crippen LogP contribution in [0.2, 0.25) is 0 Å². The Hall–Kier alpha value is -2.89. The summed E-state index contributed by atoms with van der Waals surface area (Å²) in [7, 11) is 0. The zero-order valence-electron chi connectivity index (χ0n) is 14.6. The summed E-state index contributed by atoms with van der Waals surface area (Å²) in [6.07, 6.45) is 0.486. The second kappa shape index (κ2) is 7.99. The number of anilines is 1. The average Bonchev–Trinajstić information content (AvgIpc) is 2.97. The molecule has 0 saturated carbocycles. The topological polar surface area (TPSA) is 58.6 Å². The zero-order valence-corrected chi connectivity index (χ0v) is 14.6. The van der Waals surface area contributed by atoms with Gasteiger partial charge in [0.2, 0.25) is 11.8 Å². The van der Waals surface area contributed by atoms with Crippen LogP contribution in [0, 0.1) is 5.82 Å². The Bertz CT molecular complexity index is 775. The fraction of sp³-hybridized carbons (Fsp3) is 0.300. The van der Waals surface area contributed by atoms with Crippen LogP contribution in [-0.4, -0.2) is 31.0 Å². The van der Waals surface area contributed by atoms with Gasteiger partial charge < -0.3 is 15.0 Å². The summed E-state index contributed by atoms with van der Waals surface area (Å²) in [5.74, 6) is 0.212. The highest BCUT2D eigenvalue weighted by Gasteiger charge is 2.31. The molecule has 1 fully saturated rings. The first-order valence-corrected chi connectivity index (χ1v) is 8.62. The van der Waals surface area contributed by atoms with Gasteiger partial charge in [-0.3, -0.25) is 9.59 Å². The average molecular weight is 356 g/mol. The molecule has 1 saturated heterocycles. The number of rotatable bonds is 6. The van der Waals surface area contributed by atoms with Crippen molar-refractivity contribution in [1.82, 2.24) is 5.32 Å². The van der Waals surface area contributed by atoms with Gasteiger partial charge in [-0.1, -0.05) is 12.1 Å². The van der Waals surface area contributed by atoms with Gasteiger partial charge in [-0.25, -0.2) is 4.39 Å². The highest BCUT2D eigenvalue weighted by molar-refractivity contribution is 5.96. The molecule has 2 amide bonds. The van der Waals surface area contributed by atoms with Crippen LogP contribution < -0.4 is 15.0 Å². The van der Waals surface area contributed by atoms with Gasteiger partial charge in [-0.15, -0.1) is 0 Å². The first-order chi connectivity index (χ1) is 12.5. The van der Waals surface area contributed by atoms with E-state index in [1.807, 2.05) is 31.2 Å². The Labute approximate surface area is 151 Å². The molecule has 1 atom stereocenters. The van der Waals surface area contributed by atoms with Crippen LogP contribution in [0.25, 0.3) is 0 Å². The minimum absolute atomic E-state index is 0.0806. The molecular weight excluding hydrogens is 335 g/mol. The van der Waals surface area contributed by atoms with E-state index in [0.29, 0.717) is 18.8 Å². The number of nitrogens with zero attached hydrogens (tertiary/aromatic N) is 1. The third-order valence-electron chi connectivity index (χ3n) is 4.23. The lowest BCUT2D eigenvalue weighted by atomic mass is 10.1. The number of carbonyl (C=O) groups is 2. The normalized spacial score (nSPS) is 16.6. The van der Waals surface area contributed by atoms with E-state index in [4.69, 9.17) is 4.74 Å². The molecule has 0 aliphatic carbocycles. The first-order valence-electron chi connectivity index (χ1n) is 8.62. The third-order valence-corrected chi connectivity index (χ3v) is 4.23. The van der Waals surface area contributed by atoms with E-state index >= 15 is 0 Å². The van der Waals surface area contributed by atoms with Gasteiger partial charge in [-0.05, 0) is 48.9 Å². The molecule has 3 rings (SSSR count). The number of carbonyl (C=O) groups excluding carboxylic acids is 2. The Morgan fingerprint density at radius 3 is 2.54 bits per heavy atom.